The summed E-state index contributed by atoms with van der Waals surface area (Å²) in [6, 6.07) is 5.25. The third kappa shape index (κ3) is 4.09. The molecule has 2 rings (SSSR count). The van der Waals surface area contributed by atoms with Crippen molar-refractivity contribution in [2.75, 3.05) is 20.3 Å². The second-order valence-electron chi connectivity index (χ2n) is 6.04. The molecule has 0 spiro atoms. The molecule has 0 saturated carbocycles. The van der Waals surface area contributed by atoms with Crippen molar-refractivity contribution in [1.29, 1.82) is 0 Å². The van der Waals surface area contributed by atoms with E-state index in [-0.39, 0.29) is 24.5 Å². The summed E-state index contributed by atoms with van der Waals surface area (Å²) in [4.78, 5) is 12.7. The lowest BCUT2D eigenvalue weighted by molar-refractivity contribution is 0.0892. The van der Waals surface area contributed by atoms with Gasteiger partial charge in [0.15, 0.2) is 0 Å². The topological polar surface area (TPSA) is 63.5 Å². The highest BCUT2D eigenvalue weighted by atomic mass is 35.5. The summed E-state index contributed by atoms with van der Waals surface area (Å²) in [6.07, 6.45) is 2.70. The number of nitrogens with zero attached hydrogens (tertiary/aromatic N) is 1. The fourth-order valence-corrected chi connectivity index (χ4v) is 2.90. The van der Waals surface area contributed by atoms with Crippen LogP contribution in [0.3, 0.4) is 0 Å². The maximum Gasteiger partial charge on any atom is 0.253 e. The van der Waals surface area contributed by atoms with Crippen molar-refractivity contribution in [2.45, 2.75) is 32.9 Å². The zero-order chi connectivity index (χ0) is 17.7. The average molecular weight is 353 g/mol. The van der Waals surface area contributed by atoms with E-state index in [1.54, 1.807) is 13.2 Å². The van der Waals surface area contributed by atoms with Crippen LogP contribution in [0.25, 0.3) is 10.9 Å². The number of benzene rings is 1. The molecule has 0 aliphatic carbocycles. The third-order valence-electron chi connectivity index (χ3n) is 4.47. The Balaban J connectivity index is 2.36. The number of methoxy groups -OCH3 is 1. The van der Waals surface area contributed by atoms with Crippen LogP contribution in [0, 0.1) is 5.92 Å². The quantitative estimate of drug-likeness (QED) is 0.767. The highest BCUT2D eigenvalue weighted by molar-refractivity contribution is 6.31. The number of hydrogen-bond donors (Lipinski definition) is 2. The van der Waals surface area contributed by atoms with Gasteiger partial charge in [-0.2, -0.15) is 0 Å². The van der Waals surface area contributed by atoms with Crippen LogP contribution >= 0.6 is 11.6 Å². The standard InChI is InChI=1S/C18H25ClN2O3/c1-4-12(2)16(11-22)20-18(23)15-10-21(7-8-24-3)17-6-5-13(19)9-14(15)17/h5-6,9-10,12,16,22H,4,7-8,11H2,1-3H3,(H,20,23)/t12-,16+/m0/s1. The number of aromatic nitrogens is 1. The molecule has 24 heavy (non-hydrogen) atoms. The van der Waals surface area contributed by atoms with Crippen LogP contribution in [0.2, 0.25) is 5.02 Å². The van der Waals surface area contributed by atoms with Gasteiger partial charge in [-0.05, 0) is 24.1 Å². The molecule has 0 fully saturated rings. The number of fused-ring (bicyclic) bond motifs is 1. The van der Waals surface area contributed by atoms with E-state index in [0.717, 1.165) is 17.3 Å². The third-order valence-corrected chi connectivity index (χ3v) is 4.70. The van der Waals surface area contributed by atoms with Crippen LogP contribution in [0.1, 0.15) is 30.6 Å². The zero-order valence-corrected chi connectivity index (χ0v) is 15.1. The van der Waals surface area contributed by atoms with Gasteiger partial charge in [-0.25, -0.2) is 0 Å². The first-order chi connectivity index (χ1) is 11.5. The Morgan fingerprint density at radius 3 is 2.83 bits per heavy atom. The average Bonchev–Trinajstić information content (AvgIpc) is 2.94. The molecule has 2 atom stereocenters. The van der Waals surface area contributed by atoms with Crippen molar-refractivity contribution in [3.63, 3.8) is 0 Å². The summed E-state index contributed by atoms with van der Waals surface area (Å²) in [6.45, 7) is 5.18. The molecule has 0 unspecified atom stereocenters. The van der Waals surface area contributed by atoms with Crippen molar-refractivity contribution in [2.24, 2.45) is 5.92 Å². The number of carbonyl (C=O) groups excluding carboxylic acids is 1. The Hall–Kier alpha value is -1.56. The number of ether oxygens (including phenoxy) is 1. The highest BCUT2D eigenvalue weighted by Gasteiger charge is 2.21. The van der Waals surface area contributed by atoms with Crippen LogP contribution in [0.4, 0.5) is 0 Å². The Labute approximate surface area is 147 Å². The Morgan fingerprint density at radius 2 is 2.21 bits per heavy atom. The Bertz CT molecular complexity index is 699. The maximum atomic E-state index is 12.7. The number of amides is 1. The van der Waals surface area contributed by atoms with Gasteiger partial charge in [0.2, 0.25) is 0 Å². The number of nitrogens with one attached hydrogen (secondary N) is 1. The second kappa shape index (κ2) is 8.51. The van der Waals surface area contributed by atoms with Gasteiger partial charge in [0.1, 0.15) is 0 Å². The monoisotopic (exact) mass is 352 g/mol. The molecule has 6 heteroatoms. The summed E-state index contributed by atoms with van der Waals surface area (Å²) in [5, 5.41) is 13.9. The van der Waals surface area contributed by atoms with Crippen LogP contribution in [0.5, 0.6) is 0 Å². The number of halogens is 1. The lowest BCUT2D eigenvalue weighted by Crippen LogP contribution is -2.41. The van der Waals surface area contributed by atoms with Crippen molar-refractivity contribution in [1.82, 2.24) is 9.88 Å². The molecule has 132 valence electrons. The van der Waals surface area contributed by atoms with E-state index >= 15 is 0 Å². The summed E-state index contributed by atoms with van der Waals surface area (Å²) >= 11 is 6.11. The highest BCUT2D eigenvalue weighted by Crippen LogP contribution is 2.25. The summed E-state index contributed by atoms with van der Waals surface area (Å²) in [5.41, 5.74) is 1.50. The predicted molar refractivity (Wildman–Crippen MR) is 96.6 cm³/mol. The molecule has 2 aromatic rings. The Morgan fingerprint density at radius 1 is 1.46 bits per heavy atom. The van der Waals surface area contributed by atoms with Crippen LogP contribution in [-0.4, -0.2) is 41.9 Å². The lowest BCUT2D eigenvalue weighted by Gasteiger charge is -2.21. The van der Waals surface area contributed by atoms with E-state index in [9.17, 15) is 9.90 Å². The van der Waals surface area contributed by atoms with Gasteiger partial charge in [-0.3, -0.25) is 4.79 Å². The van der Waals surface area contributed by atoms with Crippen LogP contribution < -0.4 is 5.32 Å². The first-order valence-electron chi connectivity index (χ1n) is 8.20. The minimum Gasteiger partial charge on any atom is -0.394 e. The number of hydrogen-bond acceptors (Lipinski definition) is 3. The normalized spacial score (nSPS) is 13.9. The molecule has 0 bridgehead atoms. The molecule has 0 radical (unpaired) electrons. The first kappa shape index (κ1) is 18.8. The summed E-state index contributed by atoms with van der Waals surface area (Å²) in [7, 11) is 1.65. The van der Waals surface area contributed by atoms with Gasteiger partial charge < -0.3 is 19.7 Å². The molecule has 1 aromatic carbocycles. The summed E-state index contributed by atoms with van der Waals surface area (Å²) in [5.74, 6) is 0.00200. The molecule has 1 aromatic heterocycles. The Kier molecular flexibility index (Phi) is 6.66. The number of carbonyl (C=O) groups is 1. The first-order valence-corrected chi connectivity index (χ1v) is 8.58. The molecule has 0 aliphatic rings. The molecule has 0 aliphatic heterocycles. The fraction of sp³-hybridized carbons (Fsp3) is 0.500. The lowest BCUT2D eigenvalue weighted by atomic mass is 9.99. The zero-order valence-electron chi connectivity index (χ0n) is 14.4. The van der Waals surface area contributed by atoms with E-state index in [0.29, 0.717) is 23.7 Å². The van der Waals surface area contributed by atoms with Crippen molar-refractivity contribution >= 4 is 28.4 Å². The number of rotatable bonds is 8. The number of aliphatic hydroxyl groups excluding tert-OH is 1. The van der Waals surface area contributed by atoms with Crippen LogP contribution in [-0.2, 0) is 11.3 Å². The van der Waals surface area contributed by atoms with Gasteiger partial charge >= 0.3 is 0 Å². The largest absolute Gasteiger partial charge is 0.394 e. The van der Waals surface area contributed by atoms with E-state index in [4.69, 9.17) is 16.3 Å². The van der Waals surface area contributed by atoms with Gasteiger partial charge in [0.05, 0.1) is 24.8 Å². The molecular weight excluding hydrogens is 328 g/mol. The molecule has 1 amide bonds. The smallest absolute Gasteiger partial charge is 0.253 e. The second-order valence-corrected chi connectivity index (χ2v) is 6.47. The molecular formula is C18H25ClN2O3. The van der Waals surface area contributed by atoms with E-state index in [2.05, 4.69) is 5.32 Å². The van der Waals surface area contributed by atoms with Gasteiger partial charge in [0, 0.05) is 35.8 Å². The number of aliphatic hydroxyl groups is 1. The molecule has 0 saturated heterocycles. The predicted octanol–water partition coefficient (Wildman–Crippen LogP) is 3.08. The minimum absolute atomic E-state index is 0.0795. The van der Waals surface area contributed by atoms with E-state index in [1.807, 2.05) is 36.7 Å². The van der Waals surface area contributed by atoms with Crippen molar-refractivity contribution in [3.8, 4) is 0 Å². The van der Waals surface area contributed by atoms with E-state index < -0.39 is 0 Å². The van der Waals surface area contributed by atoms with Gasteiger partial charge in [-0.1, -0.05) is 31.9 Å². The SMILES string of the molecule is CC[C@H](C)[C@@H](CO)NC(=O)c1cn(CCOC)c2ccc(Cl)cc12. The maximum absolute atomic E-state index is 12.7. The van der Waals surface area contributed by atoms with Gasteiger partial charge in [-0.15, -0.1) is 0 Å². The van der Waals surface area contributed by atoms with Crippen molar-refractivity contribution in [3.05, 3.63) is 35.0 Å². The van der Waals surface area contributed by atoms with E-state index in [1.165, 1.54) is 0 Å². The van der Waals surface area contributed by atoms with Crippen LogP contribution in [0.15, 0.2) is 24.4 Å². The molecule has 5 nitrogen and oxygen atoms in total. The minimum atomic E-state index is -0.265. The molecule has 1 heterocycles. The van der Waals surface area contributed by atoms with Gasteiger partial charge in [0.25, 0.3) is 5.91 Å². The molecule has 2 N–H and O–H groups in total. The van der Waals surface area contributed by atoms with Crippen molar-refractivity contribution < 1.29 is 14.6 Å². The fourth-order valence-electron chi connectivity index (χ4n) is 2.72. The summed E-state index contributed by atoms with van der Waals surface area (Å²) < 4.78 is 7.12.